The van der Waals surface area contributed by atoms with Crippen molar-refractivity contribution < 1.29 is 9.47 Å². The summed E-state index contributed by atoms with van der Waals surface area (Å²) >= 11 is 0. The quantitative estimate of drug-likeness (QED) is 0.798. The molecule has 0 N–H and O–H groups in total. The van der Waals surface area contributed by atoms with Gasteiger partial charge in [-0.3, -0.25) is 0 Å². The molecule has 0 saturated carbocycles. The number of methoxy groups -OCH3 is 2. The van der Waals surface area contributed by atoms with E-state index < -0.39 is 0 Å². The number of hydrogen-bond donors (Lipinski definition) is 0. The molecule has 1 heterocycles. The minimum Gasteiger partial charge on any atom is -0.494 e. The smallest absolute Gasteiger partial charge is 0.146 e. The van der Waals surface area contributed by atoms with E-state index in [0.717, 1.165) is 23.7 Å². The van der Waals surface area contributed by atoms with Gasteiger partial charge in [-0.1, -0.05) is 18.2 Å². The molecule has 3 nitrogen and oxygen atoms in total. The van der Waals surface area contributed by atoms with Crippen molar-refractivity contribution in [2.24, 2.45) is 0 Å². The fraction of sp³-hybridized carbons (Fsp3) is 0.286. The normalized spacial score (nSPS) is 14.5. The van der Waals surface area contributed by atoms with Crippen molar-refractivity contribution >= 4 is 5.69 Å². The highest BCUT2D eigenvalue weighted by Gasteiger charge is 2.18. The van der Waals surface area contributed by atoms with Crippen LogP contribution in [0.3, 0.4) is 0 Å². The summed E-state index contributed by atoms with van der Waals surface area (Å²) < 4.78 is 10.8. The molecule has 90 valence electrons. The zero-order chi connectivity index (χ0) is 12.3. The van der Waals surface area contributed by atoms with Gasteiger partial charge in [0.05, 0.1) is 14.2 Å². The number of ether oxygens (including phenoxy) is 2. The molecule has 1 aromatic rings. The summed E-state index contributed by atoms with van der Waals surface area (Å²) in [6.07, 6.45) is 6.25. The summed E-state index contributed by atoms with van der Waals surface area (Å²) in [5.41, 5.74) is 2.16. The topological polar surface area (TPSA) is 21.7 Å². The van der Waals surface area contributed by atoms with Crippen LogP contribution in [0.25, 0.3) is 0 Å². The van der Waals surface area contributed by atoms with Crippen LogP contribution >= 0.6 is 0 Å². The third-order valence-electron chi connectivity index (χ3n) is 2.86. The Bertz CT molecular complexity index is 441. The lowest BCUT2D eigenvalue weighted by molar-refractivity contribution is 0.395. The van der Waals surface area contributed by atoms with Crippen LogP contribution in [0, 0.1) is 0 Å². The Morgan fingerprint density at radius 2 is 1.76 bits per heavy atom. The van der Waals surface area contributed by atoms with Crippen LogP contribution < -0.4 is 14.4 Å². The second-order valence-corrected chi connectivity index (χ2v) is 3.86. The van der Waals surface area contributed by atoms with Crippen LogP contribution in [0.15, 0.2) is 42.1 Å². The van der Waals surface area contributed by atoms with Gasteiger partial charge in [0, 0.05) is 12.2 Å². The van der Waals surface area contributed by atoms with Gasteiger partial charge in [0.2, 0.25) is 0 Å². The molecule has 2 rings (SSSR count). The molecule has 1 aliphatic heterocycles. The van der Waals surface area contributed by atoms with Crippen molar-refractivity contribution in [2.45, 2.75) is 6.92 Å². The summed E-state index contributed by atoms with van der Waals surface area (Å²) in [5.74, 6) is 1.65. The summed E-state index contributed by atoms with van der Waals surface area (Å²) in [4.78, 5) is 2.18. The van der Waals surface area contributed by atoms with Gasteiger partial charge in [-0.05, 0) is 25.1 Å². The maximum Gasteiger partial charge on any atom is 0.146 e. The molecule has 0 aromatic heterocycles. The standard InChI is InChI=1S/C14H17NO2/c1-11-7-4-5-10-15(11)14-12(16-2)8-6-9-13(14)17-3/h4-9H,10H2,1-3H3. The van der Waals surface area contributed by atoms with Crippen LogP contribution in [-0.2, 0) is 0 Å². The predicted molar refractivity (Wildman–Crippen MR) is 69.8 cm³/mol. The van der Waals surface area contributed by atoms with Gasteiger partial charge in [-0.25, -0.2) is 0 Å². The molecule has 3 heteroatoms. The number of rotatable bonds is 3. The Kier molecular flexibility index (Phi) is 3.38. The van der Waals surface area contributed by atoms with Crippen LogP contribution in [0.2, 0.25) is 0 Å². The lowest BCUT2D eigenvalue weighted by Crippen LogP contribution is -2.23. The molecule has 0 radical (unpaired) electrons. The highest BCUT2D eigenvalue weighted by Crippen LogP contribution is 2.39. The number of benzene rings is 1. The average Bonchev–Trinajstić information content (AvgIpc) is 2.38. The van der Waals surface area contributed by atoms with Gasteiger partial charge in [-0.15, -0.1) is 0 Å². The van der Waals surface area contributed by atoms with E-state index in [1.54, 1.807) is 14.2 Å². The molecule has 0 amide bonds. The molecule has 0 spiro atoms. The van der Waals surface area contributed by atoms with Crippen molar-refractivity contribution in [1.82, 2.24) is 0 Å². The van der Waals surface area contributed by atoms with Crippen molar-refractivity contribution in [3.05, 3.63) is 42.1 Å². The lowest BCUT2D eigenvalue weighted by atomic mass is 10.2. The first kappa shape index (κ1) is 11.6. The third-order valence-corrected chi connectivity index (χ3v) is 2.86. The molecule has 0 unspecified atom stereocenters. The number of nitrogens with zero attached hydrogens (tertiary/aromatic N) is 1. The van der Waals surface area contributed by atoms with Crippen LogP contribution in [-0.4, -0.2) is 20.8 Å². The van der Waals surface area contributed by atoms with Gasteiger partial charge in [0.25, 0.3) is 0 Å². The Morgan fingerprint density at radius 3 is 2.29 bits per heavy atom. The number of para-hydroxylation sites is 1. The maximum absolute atomic E-state index is 5.42. The number of hydrogen-bond acceptors (Lipinski definition) is 3. The summed E-state index contributed by atoms with van der Waals surface area (Å²) in [6.45, 7) is 2.91. The van der Waals surface area contributed by atoms with Gasteiger partial charge in [0.15, 0.2) is 0 Å². The Balaban J connectivity index is 2.49. The van der Waals surface area contributed by atoms with E-state index in [4.69, 9.17) is 9.47 Å². The Labute approximate surface area is 102 Å². The second-order valence-electron chi connectivity index (χ2n) is 3.86. The minimum atomic E-state index is 0.826. The highest BCUT2D eigenvalue weighted by atomic mass is 16.5. The van der Waals surface area contributed by atoms with Crippen molar-refractivity contribution in [2.75, 3.05) is 25.7 Å². The average molecular weight is 231 g/mol. The summed E-state index contributed by atoms with van der Waals surface area (Å²) in [7, 11) is 3.36. The maximum atomic E-state index is 5.42. The van der Waals surface area contributed by atoms with Crippen molar-refractivity contribution in [3.8, 4) is 11.5 Å². The van der Waals surface area contributed by atoms with E-state index in [1.807, 2.05) is 18.2 Å². The van der Waals surface area contributed by atoms with E-state index in [-0.39, 0.29) is 0 Å². The minimum absolute atomic E-state index is 0.826. The molecule has 0 bridgehead atoms. The first-order valence-electron chi connectivity index (χ1n) is 5.60. The SMILES string of the molecule is COc1cccc(OC)c1N1CC=CC=C1C. The highest BCUT2D eigenvalue weighted by molar-refractivity contribution is 5.71. The molecule has 1 aromatic carbocycles. The van der Waals surface area contributed by atoms with Gasteiger partial charge >= 0.3 is 0 Å². The second kappa shape index (κ2) is 4.95. The Morgan fingerprint density at radius 1 is 1.12 bits per heavy atom. The van der Waals surface area contributed by atoms with Crippen LogP contribution in [0.5, 0.6) is 11.5 Å². The van der Waals surface area contributed by atoms with Crippen LogP contribution in [0.4, 0.5) is 5.69 Å². The Hall–Kier alpha value is -1.90. The molecular weight excluding hydrogens is 214 g/mol. The van der Waals surface area contributed by atoms with Gasteiger partial charge in [-0.2, -0.15) is 0 Å². The fourth-order valence-corrected chi connectivity index (χ4v) is 1.97. The molecular formula is C14H17NO2. The molecule has 0 aliphatic carbocycles. The van der Waals surface area contributed by atoms with E-state index in [9.17, 15) is 0 Å². The van der Waals surface area contributed by atoms with E-state index in [0.29, 0.717) is 0 Å². The van der Waals surface area contributed by atoms with E-state index in [2.05, 4.69) is 30.1 Å². The van der Waals surface area contributed by atoms with Crippen molar-refractivity contribution in [1.29, 1.82) is 0 Å². The lowest BCUT2D eigenvalue weighted by Gasteiger charge is -2.29. The van der Waals surface area contributed by atoms with Crippen LogP contribution in [0.1, 0.15) is 6.92 Å². The number of allylic oxidation sites excluding steroid dienone is 3. The molecule has 0 atom stereocenters. The first-order valence-corrected chi connectivity index (χ1v) is 5.60. The van der Waals surface area contributed by atoms with E-state index in [1.165, 1.54) is 5.70 Å². The predicted octanol–water partition coefficient (Wildman–Crippen LogP) is 2.98. The van der Waals surface area contributed by atoms with E-state index >= 15 is 0 Å². The fourth-order valence-electron chi connectivity index (χ4n) is 1.97. The van der Waals surface area contributed by atoms with Crippen molar-refractivity contribution in [3.63, 3.8) is 0 Å². The third kappa shape index (κ3) is 2.13. The van der Waals surface area contributed by atoms with Gasteiger partial charge in [0.1, 0.15) is 17.2 Å². The molecule has 1 aliphatic rings. The zero-order valence-corrected chi connectivity index (χ0v) is 10.4. The zero-order valence-electron chi connectivity index (χ0n) is 10.4. The monoisotopic (exact) mass is 231 g/mol. The summed E-state index contributed by atoms with van der Waals surface area (Å²) in [6, 6.07) is 5.83. The number of anilines is 1. The largest absolute Gasteiger partial charge is 0.494 e. The molecule has 0 fully saturated rings. The first-order chi connectivity index (χ1) is 8.27. The van der Waals surface area contributed by atoms with Gasteiger partial charge < -0.3 is 14.4 Å². The summed E-state index contributed by atoms with van der Waals surface area (Å²) in [5, 5.41) is 0. The molecule has 0 saturated heterocycles. The molecule has 17 heavy (non-hydrogen) atoms.